The van der Waals surface area contributed by atoms with Gasteiger partial charge in [0.2, 0.25) is 0 Å². The molecule has 0 bridgehead atoms. The van der Waals surface area contributed by atoms with E-state index in [4.69, 9.17) is 17.2 Å². The van der Waals surface area contributed by atoms with Gasteiger partial charge >= 0.3 is 0 Å². The Bertz CT molecular complexity index is 290. The molecule has 1 heterocycles. The first-order chi connectivity index (χ1) is 6.06. The summed E-state index contributed by atoms with van der Waals surface area (Å²) in [5, 5.41) is 9.49. The molecule has 0 aliphatic rings. The second kappa shape index (κ2) is 3.59. The lowest BCUT2D eigenvalue weighted by atomic mass is 10.1. The average molecular weight is 183 g/mol. The van der Waals surface area contributed by atoms with Crippen molar-refractivity contribution in [3.05, 3.63) is 18.0 Å². The molecule has 1 atom stereocenters. The fourth-order valence-electron chi connectivity index (χ4n) is 1.28. The lowest BCUT2D eigenvalue weighted by Crippen LogP contribution is -2.30. The highest BCUT2D eigenvalue weighted by Crippen LogP contribution is 2.23. The van der Waals surface area contributed by atoms with Crippen molar-refractivity contribution in [1.29, 1.82) is 0 Å². The van der Waals surface area contributed by atoms with E-state index in [1.807, 2.05) is 7.05 Å². The standard InChI is InChI=1S/C8H15N4O/c1-12-3-5(10)8(6(11)4-12)7(13)2-9/h3-4,7,13H,2,9-11H2,1H3/q+1. The van der Waals surface area contributed by atoms with Crippen LogP contribution in [0.4, 0.5) is 11.4 Å². The van der Waals surface area contributed by atoms with Crippen LogP contribution in [0.2, 0.25) is 0 Å². The smallest absolute Gasteiger partial charge is 0.192 e. The largest absolute Gasteiger partial charge is 0.394 e. The van der Waals surface area contributed by atoms with Gasteiger partial charge < -0.3 is 22.3 Å². The molecule has 5 nitrogen and oxygen atoms in total. The zero-order valence-corrected chi connectivity index (χ0v) is 7.57. The second-order valence-corrected chi connectivity index (χ2v) is 3.00. The van der Waals surface area contributed by atoms with Gasteiger partial charge in [0.25, 0.3) is 0 Å². The summed E-state index contributed by atoms with van der Waals surface area (Å²) in [4.78, 5) is 0. The molecule has 1 aromatic rings. The summed E-state index contributed by atoms with van der Waals surface area (Å²) in [6, 6.07) is 0. The van der Waals surface area contributed by atoms with Crippen molar-refractivity contribution in [2.75, 3.05) is 18.0 Å². The molecule has 0 radical (unpaired) electrons. The summed E-state index contributed by atoms with van der Waals surface area (Å²) in [6.07, 6.45) is 2.58. The van der Waals surface area contributed by atoms with Crippen LogP contribution in [0.25, 0.3) is 0 Å². The van der Waals surface area contributed by atoms with Crippen LogP contribution in [0.3, 0.4) is 0 Å². The van der Waals surface area contributed by atoms with Crippen LogP contribution < -0.4 is 21.8 Å². The highest BCUT2D eigenvalue weighted by Gasteiger charge is 2.16. The third kappa shape index (κ3) is 1.88. The van der Waals surface area contributed by atoms with Gasteiger partial charge in [0.15, 0.2) is 12.4 Å². The number of aliphatic hydroxyl groups is 1. The number of aliphatic hydroxyl groups excluding tert-OH is 1. The van der Waals surface area contributed by atoms with Gasteiger partial charge in [-0.1, -0.05) is 0 Å². The van der Waals surface area contributed by atoms with Crippen molar-refractivity contribution in [3.8, 4) is 0 Å². The van der Waals surface area contributed by atoms with Gasteiger partial charge in [0, 0.05) is 12.1 Å². The Labute approximate surface area is 76.8 Å². The molecule has 0 fully saturated rings. The van der Waals surface area contributed by atoms with Crippen LogP contribution in [-0.4, -0.2) is 11.7 Å². The van der Waals surface area contributed by atoms with E-state index in [1.165, 1.54) is 0 Å². The van der Waals surface area contributed by atoms with Crippen molar-refractivity contribution in [2.24, 2.45) is 12.8 Å². The number of anilines is 2. The first-order valence-electron chi connectivity index (χ1n) is 3.98. The van der Waals surface area contributed by atoms with E-state index in [-0.39, 0.29) is 6.54 Å². The van der Waals surface area contributed by atoms with Crippen molar-refractivity contribution >= 4 is 11.4 Å². The highest BCUT2D eigenvalue weighted by molar-refractivity contribution is 5.58. The van der Waals surface area contributed by atoms with Crippen LogP contribution in [0.5, 0.6) is 0 Å². The summed E-state index contributed by atoms with van der Waals surface area (Å²) in [7, 11) is 1.81. The van der Waals surface area contributed by atoms with Crippen LogP contribution in [0, 0.1) is 0 Å². The second-order valence-electron chi connectivity index (χ2n) is 3.00. The molecule has 1 unspecified atom stereocenters. The number of nitrogens with two attached hydrogens (primary N) is 3. The summed E-state index contributed by atoms with van der Waals surface area (Å²) < 4.78 is 1.73. The first kappa shape index (κ1) is 9.76. The summed E-state index contributed by atoms with van der Waals surface area (Å²) >= 11 is 0. The number of pyridine rings is 1. The van der Waals surface area contributed by atoms with Crippen molar-refractivity contribution in [1.82, 2.24) is 0 Å². The predicted molar refractivity (Wildman–Crippen MR) is 50.5 cm³/mol. The van der Waals surface area contributed by atoms with E-state index < -0.39 is 6.10 Å². The molecule has 0 aliphatic carbocycles. The molecule has 1 rings (SSSR count). The average Bonchev–Trinajstić information content (AvgIpc) is 2.02. The molecule has 13 heavy (non-hydrogen) atoms. The van der Waals surface area contributed by atoms with E-state index in [1.54, 1.807) is 17.0 Å². The quantitative estimate of drug-likeness (QED) is 0.426. The Hall–Kier alpha value is -1.33. The summed E-state index contributed by atoms with van der Waals surface area (Å²) in [5.41, 5.74) is 18.1. The van der Waals surface area contributed by atoms with Gasteiger partial charge in [-0.3, -0.25) is 0 Å². The zero-order chi connectivity index (χ0) is 10.0. The number of aryl methyl sites for hydroxylation is 1. The highest BCUT2D eigenvalue weighted by atomic mass is 16.3. The molecule has 0 aliphatic heterocycles. The van der Waals surface area contributed by atoms with Crippen molar-refractivity contribution in [3.63, 3.8) is 0 Å². The maximum absolute atomic E-state index is 9.49. The van der Waals surface area contributed by atoms with E-state index in [2.05, 4.69) is 0 Å². The van der Waals surface area contributed by atoms with Gasteiger partial charge in [-0.2, -0.15) is 0 Å². The van der Waals surface area contributed by atoms with Crippen LogP contribution >= 0.6 is 0 Å². The van der Waals surface area contributed by atoms with Crippen molar-refractivity contribution < 1.29 is 9.67 Å². The molecule has 1 aromatic heterocycles. The number of nitrogen functional groups attached to an aromatic ring is 2. The normalized spacial score (nSPS) is 12.8. The Balaban J connectivity index is 3.20. The summed E-state index contributed by atoms with van der Waals surface area (Å²) in [6.45, 7) is 0.113. The number of hydrogen-bond donors (Lipinski definition) is 4. The van der Waals surface area contributed by atoms with Gasteiger partial charge in [-0.25, -0.2) is 4.57 Å². The van der Waals surface area contributed by atoms with Crippen molar-refractivity contribution in [2.45, 2.75) is 6.10 Å². The van der Waals surface area contributed by atoms with E-state index in [0.29, 0.717) is 16.9 Å². The zero-order valence-electron chi connectivity index (χ0n) is 7.57. The topological polar surface area (TPSA) is 102 Å². The Morgan fingerprint density at radius 2 is 1.85 bits per heavy atom. The number of nitrogens with zero attached hydrogens (tertiary/aromatic N) is 1. The van der Waals surface area contributed by atoms with E-state index in [0.717, 1.165) is 0 Å². The Morgan fingerprint density at radius 3 is 2.23 bits per heavy atom. The molecule has 72 valence electrons. The molecule has 0 saturated heterocycles. The van der Waals surface area contributed by atoms with Crippen LogP contribution in [0.1, 0.15) is 11.7 Å². The maximum atomic E-state index is 9.49. The lowest BCUT2D eigenvalue weighted by molar-refractivity contribution is -0.670. The third-order valence-electron chi connectivity index (χ3n) is 1.86. The third-order valence-corrected chi connectivity index (χ3v) is 1.86. The minimum Gasteiger partial charge on any atom is -0.394 e. The van der Waals surface area contributed by atoms with Gasteiger partial charge in [-0.15, -0.1) is 0 Å². The molecule has 5 heteroatoms. The first-order valence-corrected chi connectivity index (χ1v) is 3.98. The molecule has 0 aromatic carbocycles. The maximum Gasteiger partial charge on any atom is 0.192 e. The molecular weight excluding hydrogens is 168 g/mol. The molecule has 7 N–H and O–H groups in total. The van der Waals surface area contributed by atoms with Gasteiger partial charge in [0.1, 0.15) is 18.4 Å². The fourth-order valence-corrected chi connectivity index (χ4v) is 1.28. The van der Waals surface area contributed by atoms with Gasteiger partial charge in [-0.05, 0) is 0 Å². The predicted octanol–water partition coefficient (Wildman–Crippen LogP) is -1.33. The number of rotatable bonds is 2. The monoisotopic (exact) mass is 183 g/mol. The SMILES string of the molecule is C[n+]1cc(N)c(C(O)CN)c(N)c1. The van der Waals surface area contributed by atoms with Crippen LogP contribution in [0.15, 0.2) is 12.4 Å². The Kier molecular flexibility index (Phi) is 2.69. The Morgan fingerprint density at radius 1 is 1.38 bits per heavy atom. The van der Waals surface area contributed by atoms with E-state index in [9.17, 15) is 5.11 Å². The van der Waals surface area contributed by atoms with Crippen LogP contribution in [-0.2, 0) is 7.05 Å². The molecule has 0 amide bonds. The summed E-state index contributed by atoms with van der Waals surface area (Å²) in [5.74, 6) is 0. The van der Waals surface area contributed by atoms with Gasteiger partial charge in [0.05, 0.1) is 6.10 Å². The minimum absolute atomic E-state index is 0.113. The minimum atomic E-state index is -0.791. The fraction of sp³-hybridized carbons (Fsp3) is 0.375. The molecule has 0 saturated carbocycles. The molecular formula is C8H15N4O+. The number of aromatic nitrogens is 1. The van der Waals surface area contributed by atoms with E-state index >= 15 is 0 Å². The molecule has 0 spiro atoms. The lowest BCUT2D eigenvalue weighted by Gasteiger charge is -2.11. The number of hydrogen-bond acceptors (Lipinski definition) is 4.